The van der Waals surface area contributed by atoms with Crippen molar-refractivity contribution in [2.24, 2.45) is 0 Å². The van der Waals surface area contributed by atoms with Crippen molar-refractivity contribution in [1.82, 2.24) is 9.88 Å². The normalized spacial score (nSPS) is 18.8. The van der Waals surface area contributed by atoms with Crippen LogP contribution in [0.15, 0.2) is 35.7 Å². The topological polar surface area (TPSA) is 37.4 Å². The zero-order valence-electron chi connectivity index (χ0n) is 13.2. The van der Waals surface area contributed by atoms with Crippen molar-refractivity contribution in [3.8, 4) is 11.3 Å². The number of rotatable bonds is 5. The second-order valence-corrected chi connectivity index (χ2v) is 6.58. The third kappa shape index (κ3) is 3.66. The second kappa shape index (κ2) is 7.22. The molecular formula is C17H23N3OS. The minimum Gasteiger partial charge on any atom is -0.379 e. The summed E-state index contributed by atoms with van der Waals surface area (Å²) in [6.07, 6.45) is 0. The Hall–Kier alpha value is -1.43. The Morgan fingerprint density at radius 2 is 1.91 bits per heavy atom. The lowest BCUT2D eigenvalue weighted by Gasteiger charge is -2.35. The molecule has 1 aliphatic heterocycles. The van der Waals surface area contributed by atoms with Crippen molar-refractivity contribution < 1.29 is 4.74 Å². The van der Waals surface area contributed by atoms with E-state index in [0.29, 0.717) is 12.1 Å². The SMILES string of the molecule is CC(Nc1nc(-c2ccccc2)cs1)C(C)N1CCOCC1. The van der Waals surface area contributed by atoms with E-state index in [0.717, 1.165) is 37.1 Å². The molecule has 0 spiro atoms. The molecule has 2 heterocycles. The van der Waals surface area contributed by atoms with E-state index < -0.39 is 0 Å². The van der Waals surface area contributed by atoms with Gasteiger partial charge >= 0.3 is 0 Å². The first-order valence-electron chi connectivity index (χ1n) is 7.83. The molecule has 1 fully saturated rings. The number of anilines is 1. The fourth-order valence-electron chi connectivity index (χ4n) is 2.70. The zero-order valence-corrected chi connectivity index (χ0v) is 14.0. The van der Waals surface area contributed by atoms with Crippen molar-refractivity contribution in [2.75, 3.05) is 31.6 Å². The highest BCUT2D eigenvalue weighted by Gasteiger charge is 2.22. The van der Waals surface area contributed by atoms with Crippen molar-refractivity contribution in [1.29, 1.82) is 0 Å². The van der Waals surface area contributed by atoms with Gasteiger partial charge in [-0.15, -0.1) is 11.3 Å². The number of hydrogen-bond donors (Lipinski definition) is 1. The average Bonchev–Trinajstić information content (AvgIpc) is 3.04. The fourth-order valence-corrected chi connectivity index (χ4v) is 3.51. The van der Waals surface area contributed by atoms with Crippen LogP contribution in [0.3, 0.4) is 0 Å². The van der Waals surface area contributed by atoms with E-state index in [9.17, 15) is 0 Å². The van der Waals surface area contributed by atoms with Crippen LogP contribution in [-0.4, -0.2) is 48.3 Å². The van der Waals surface area contributed by atoms with Gasteiger partial charge in [0.1, 0.15) is 0 Å². The Kier molecular flexibility index (Phi) is 5.08. The zero-order chi connectivity index (χ0) is 15.4. The maximum Gasteiger partial charge on any atom is 0.183 e. The van der Waals surface area contributed by atoms with Crippen molar-refractivity contribution >= 4 is 16.5 Å². The number of hydrogen-bond acceptors (Lipinski definition) is 5. The standard InChI is InChI=1S/C17H23N3OS/c1-13(14(2)20-8-10-21-11-9-20)18-17-19-16(12-22-17)15-6-4-3-5-7-15/h3-7,12-14H,8-11H2,1-2H3,(H,18,19). The van der Waals surface area contributed by atoms with Gasteiger partial charge in [-0.05, 0) is 13.8 Å². The van der Waals surface area contributed by atoms with Crippen LogP contribution in [0, 0.1) is 0 Å². The minimum atomic E-state index is 0.355. The summed E-state index contributed by atoms with van der Waals surface area (Å²) in [5.74, 6) is 0. The third-order valence-electron chi connectivity index (χ3n) is 4.27. The van der Waals surface area contributed by atoms with E-state index in [1.54, 1.807) is 11.3 Å². The monoisotopic (exact) mass is 317 g/mol. The van der Waals surface area contributed by atoms with Crippen LogP contribution in [0.2, 0.25) is 0 Å². The molecule has 0 saturated carbocycles. The van der Waals surface area contributed by atoms with Gasteiger partial charge < -0.3 is 10.1 Å². The van der Waals surface area contributed by atoms with Gasteiger partial charge in [0.25, 0.3) is 0 Å². The Bertz CT molecular complexity index is 581. The fraction of sp³-hybridized carbons (Fsp3) is 0.471. The van der Waals surface area contributed by atoms with Gasteiger partial charge in [0.15, 0.2) is 5.13 Å². The molecule has 22 heavy (non-hydrogen) atoms. The lowest BCUT2D eigenvalue weighted by Crippen LogP contribution is -2.48. The summed E-state index contributed by atoms with van der Waals surface area (Å²) in [6, 6.07) is 11.1. The predicted octanol–water partition coefficient (Wildman–Crippen LogP) is 3.33. The molecule has 1 aromatic carbocycles. The van der Waals surface area contributed by atoms with Gasteiger partial charge in [0, 0.05) is 36.1 Å². The van der Waals surface area contributed by atoms with E-state index in [-0.39, 0.29) is 0 Å². The van der Waals surface area contributed by atoms with Crippen LogP contribution >= 0.6 is 11.3 Å². The molecule has 4 nitrogen and oxygen atoms in total. The molecule has 0 amide bonds. The smallest absolute Gasteiger partial charge is 0.183 e. The van der Waals surface area contributed by atoms with Gasteiger partial charge in [0.05, 0.1) is 18.9 Å². The molecule has 1 aromatic heterocycles. The van der Waals surface area contributed by atoms with E-state index >= 15 is 0 Å². The first-order chi connectivity index (χ1) is 10.7. The molecule has 2 atom stereocenters. The molecule has 1 N–H and O–H groups in total. The average molecular weight is 317 g/mol. The molecule has 1 aliphatic rings. The molecule has 3 rings (SSSR count). The van der Waals surface area contributed by atoms with Gasteiger partial charge in [-0.1, -0.05) is 30.3 Å². The molecule has 5 heteroatoms. The first-order valence-corrected chi connectivity index (χ1v) is 8.71. The maximum absolute atomic E-state index is 5.43. The Balaban J connectivity index is 1.62. The quantitative estimate of drug-likeness (QED) is 0.918. The van der Waals surface area contributed by atoms with Crippen LogP contribution < -0.4 is 5.32 Å². The van der Waals surface area contributed by atoms with E-state index in [4.69, 9.17) is 9.72 Å². The molecule has 118 valence electrons. The lowest BCUT2D eigenvalue weighted by molar-refractivity contribution is 0.0176. The molecule has 2 aromatic rings. The maximum atomic E-state index is 5.43. The summed E-state index contributed by atoms with van der Waals surface area (Å²) in [4.78, 5) is 7.19. The number of thiazole rings is 1. The van der Waals surface area contributed by atoms with Gasteiger partial charge in [-0.2, -0.15) is 0 Å². The summed E-state index contributed by atoms with van der Waals surface area (Å²) in [7, 11) is 0. The van der Waals surface area contributed by atoms with Gasteiger partial charge in [-0.25, -0.2) is 4.98 Å². The number of aromatic nitrogens is 1. The number of morpholine rings is 1. The van der Waals surface area contributed by atoms with Crippen LogP contribution in [0.4, 0.5) is 5.13 Å². The number of benzene rings is 1. The second-order valence-electron chi connectivity index (χ2n) is 5.73. The van der Waals surface area contributed by atoms with Crippen molar-refractivity contribution in [3.63, 3.8) is 0 Å². The lowest BCUT2D eigenvalue weighted by atomic mass is 10.1. The summed E-state index contributed by atoms with van der Waals surface area (Å²) >= 11 is 1.67. The van der Waals surface area contributed by atoms with Crippen molar-refractivity contribution in [3.05, 3.63) is 35.7 Å². The molecular weight excluding hydrogens is 294 g/mol. The van der Waals surface area contributed by atoms with Gasteiger partial charge in [-0.3, -0.25) is 4.90 Å². The van der Waals surface area contributed by atoms with Crippen molar-refractivity contribution in [2.45, 2.75) is 25.9 Å². The van der Waals surface area contributed by atoms with Crippen LogP contribution in [0.5, 0.6) is 0 Å². The molecule has 1 saturated heterocycles. The number of nitrogens with zero attached hydrogens (tertiary/aromatic N) is 2. The minimum absolute atomic E-state index is 0.355. The van der Waals surface area contributed by atoms with Crippen LogP contribution in [-0.2, 0) is 4.74 Å². The Morgan fingerprint density at radius 3 is 2.64 bits per heavy atom. The highest BCUT2D eigenvalue weighted by Crippen LogP contribution is 2.25. The van der Waals surface area contributed by atoms with Gasteiger partial charge in [0.2, 0.25) is 0 Å². The van der Waals surface area contributed by atoms with E-state index in [1.165, 1.54) is 5.56 Å². The van der Waals surface area contributed by atoms with Crippen LogP contribution in [0.25, 0.3) is 11.3 Å². The number of ether oxygens (including phenoxy) is 1. The largest absolute Gasteiger partial charge is 0.379 e. The summed E-state index contributed by atoms with van der Waals surface area (Å²) < 4.78 is 5.43. The highest BCUT2D eigenvalue weighted by molar-refractivity contribution is 7.14. The third-order valence-corrected chi connectivity index (χ3v) is 5.04. The molecule has 0 bridgehead atoms. The summed E-state index contributed by atoms with van der Waals surface area (Å²) in [6.45, 7) is 8.21. The highest BCUT2D eigenvalue weighted by atomic mass is 32.1. The summed E-state index contributed by atoms with van der Waals surface area (Å²) in [5, 5.41) is 6.66. The van der Waals surface area contributed by atoms with E-state index in [1.807, 2.05) is 18.2 Å². The first kappa shape index (κ1) is 15.5. The Morgan fingerprint density at radius 1 is 1.18 bits per heavy atom. The summed E-state index contributed by atoms with van der Waals surface area (Å²) in [5.41, 5.74) is 2.21. The molecule has 2 unspecified atom stereocenters. The molecule has 0 aliphatic carbocycles. The van der Waals surface area contributed by atoms with Crippen LogP contribution in [0.1, 0.15) is 13.8 Å². The molecule has 0 radical (unpaired) electrons. The van der Waals surface area contributed by atoms with E-state index in [2.05, 4.69) is 41.6 Å². The Labute approximate surface area is 136 Å². The number of nitrogens with one attached hydrogen (secondary N) is 1. The predicted molar refractivity (Wildman–Crippen MR) is 92.5 cm³/mol.